The van der Waals surface area contributed by atoms with E-state index >= 15 is 0 Å². The predicted molar refractivity (Wildman–Crippen MR) is 142 cm³/mol. The molecule has 1 unspecified atom stereocenters. The Kier molecular flexibility index (Phi) is 7.69. The normalized spacial score (nSPS) is 33.4. The Morgan fingerprint density at radius 1 is 1.09 bits per heavy atom. The summed E-state index contributed by atoms with van der Waals surface area (Å²) in [5, 5.41) is 1.21. The highest BCUT2D eigenvalue weighted by atomic mass is 35.5. The van der Waals surface area contributed by atoms with E-state index in [0.717, 1.165) is 55.0 Å². The Morgan fingerprint density at radius 3 is 2.21 bits per heavy atom. The van der Waals surface area contributed by atoms with E-state index < -0.39 is 0 Å². The third-order valence-corrected chi connectivity index (χ3v) is 9.37. The number of aryl methyl sites for hydroxylation is 1. The average molecular weight is 490 g/mol. The quantitative estimate of drug-likeness (QED) is 0.437. The molecule has 1 saturated heterocycles. The first-order valence-corrected chi connectivity index (χ1v) is 13.9. The van der Waals surface area contributed by atoms with Gasteiger partial charge in [-0.05, 0) is 86.8 Å². The maximum Gasteiger partial charge on any atom is 0.225 e. The number of nitrogens with zero attached hydrogens (tertiary/aromatic N) is 3. The first kappa shape index (κ1) is 24.9. The minimum absolute atomic E-state index is 0. The molecule has 5 aliphatic rings. The van der Waals surface area contributed by atoms with Gasteiger partial charge < -0.3 is 4.90 Å². The monoisotopic (exact) mass is 489 g/mol. The summed E-state index contributed by atoms with van der Waals surface area (Å²) in [6.45, 7) is 7.12. The van der Waals surface area contributed by atoms with Crippen LogP contribution in [0, 0.1) is 17.8 Å². The average Bonchev–Trinajstić information content (AvgIpc) is 3.12. The molecule has 1 aliphatic heterocycles. The largest absolute Gasteiger partial charge is 0.330 e. The number of amides is 1. The molecule has 182 valence electrons. The third-order valence-electron chi connectivity index (χ3n) is 8.32. The van der Waals surface area contributed by atoms with Gasteiger partial charge in [0.2, 0.25) is 5.91 Å². The van der Waals surface area contributed by atoms with Crippen molar-refractivity contribution in [2.45, 2.75) is 90.3 Å². The fourth-order valence-electron chi connectivity index (χ4n) is 7.19. The number of aliphatic imine (C=N–C) groups is 1. The maximum absolute atomic E-state index is 12.9. The van der Waals surface area contributed by atoms with Crippen molar-refractivity contribution in [2.75, 3.05) is 17.2 Å². The lowest BCUT2D eigenvalue weighted by atomic mass is 9.53. The third kappa shape index (κ3) is 4.96. The predicted octanol–water partition coefficient (Wildman–Crippen LogP) is 6.52. The minimum atomic E-state index is 0. The molecule has 0 spiro atoms. The number of halogens is 1. The SMILES string of the molecule is CCCCN1C(=NC23CC4CC(CC(C4)C2)C3)SCC1N(C(C)=O)c1ccc(CC)cc1.Cl. The van der Waals surface area contributed by atoms with Crippen LogP contribution in [0.5, 0.6) is 0 Å². The number of carbonyl (C=O) groups is 1. The van der Waals surface area contributed by atoms with Crippen molar-refractivity contribution in [1.29, 1.82) is 0 Å². The lowest BCUT2D eigenvalue weighted by molar-refractivity contribution is -0.117. The van der Waals surface area contributed by atoms with Crippen molar-refractivity contribution < 1.29 is 4.79 Å². The zero-order valence-corrected chi connectivity index (χ0v) is 22.1. The number of anilines is 1. The molecule has 0 N–H and O–H groups in total. The van der Waals surface area contributed by atoms with Crippen LogP contribution in [-0.4, -0.2) is 40.0 Å². The van der Waals surface area contributed by atoms with E-state index in [1.807, 2.05) is 16.7 Å². The molecule has 6 heteroatoms. The van der Waals surface area contributed by atoms with E-state index in [-0.39, 0.29) is 30.0 Å². The number of amidine groups is 1. The minimum Gasteiger partial charge on any atom is -0.330 e. The lowest BCUT2D eigenvalue weighted by Crippen LogP contribution is -2.52. The molecule has 1 aromatic rings. The Balaban J connectivity index is 0.00000259. The van der Waals surface area contributed by atoms with E-state index in [4.69, 9.17) is 4.99 Å². The van der Waals surface area contributed by atoms with E-state index in [2.05, 4.69) is 43.0 Å². The number of carbonyl (C=O) groups excluding carboxylic acids is 1. The molecular weight excluding hydrogens is 450 g/mol. The van der Waals surface area contributed by atoms with Crippen LogP contribution in [0.2, 0.25) is 0 Å². The van der Waals surface area contributed by atoms with Crippen molar-refractivity contribution in [3.8, 4) is 0 Å². The molecule has 4 nitrogen and oxygen atoms in total. The molecule has 4 bridgehead atoms. The van der Waals surface area contributed by atoms with E-state index in [1.165, 1.54) is 49.3 Å². The van der Waals surface area contributed by atoms with Crippen molar-refractivity contribution in [3.63, 3.8) is 0 Å². The number of rotatable bonds is 7. The van der Waals surface area contributed by atoms with Crippen LogP contribution in [0.15, 0.2) is 29.3 Å². The Hall–Kier alpha value is -1.20. The summed E-state index contributed by atoms with van der Waals surface area (Å²) in [7, 11) is 0. The fraction of sp³-hybridized carbons (Fsp3) is 0.704. The van der Waals surface area contributed by atoms with Gasteiger partial charge >= 0.3 is 0 Å². The molecule has 4 aliphatic carbocycles. The second kappa shape index (κ2) is 10.2. The van der Waals surface area contributed by atoms with Crippen LogP contribution in [0.1, 0.15) is 77.7 Å². The van der Waals surface area contributed by atoms with E-state index in [0.29, 0.717) is 0 Å². The molecule has 1 heterocycles. The molecule has 1 amide bonds. The summed E-state index contributed by atoms with van der Waals surface area (Å²) in [5.74, 6) is 3.75. The number of thioether (sulfide) groups is 1. The van der Waals surface area contributed by atoms with Crippen LogP contribution < -0.4 is 4.90 Å². The first-order valence-electron chi connectivity index (χ1n) is 12.9. The van der Waals surface area contributed by atoms with Crippen LogP contribution in [0.4, 0.5) is 5.69 Å². The van der Waals surface area contributed by atoms with Crippen molar-refractivity contribution in [2.24, 2.45) is 22.7 Å². The summed E-state index contributed by atoms with van der Waals surface area (Å²) in [6.07, 6.45) is 11.6. The number of unbranched alkanes of at least 4 members (excludes halogenated alkanes) is 1. The highest BCUT2D eigenvalue weighted by molar-refractivity contribution is 8.14. The Labute approximate surface area is 210 Å². The molecule has 5 fully saturated rings. The summed E-state index contributed by atoms with van der Waals surface area (Å²) >= 11 is 1.89. The Morgan fingerprint density at radius 2 is 1.70 bits per heavy atom. The Bertz CT molecular complexity index is 835. The van der Waals surface area contributed by atoms with E-state index in [9.17, 15) is 4.79 Å². The zero-order valence-electron chi connectivity index (χ0n) is 20.5. The molecular formula is C27H40ClN3OS. The zero-order chi connectivity index (χ0) is 22.3. The topological polar surface area (TPSA) is 35.9 Å². The second-order valence-corrected chi connectivity index (χ2v) is 11.8. The van der Waals surface area contributed by atoms with E-state index in [1.54, 1.807) is 6.92 Å². The van der Waals surface area contributed by atoms with Crippen LogP contribution >= 0.6 is 24.2 Å². The fourth-order valence-corrected chi connectivity index (χ4v) is 8.46. The first-order chi connectivity index (χ1) is 15.5. The summed E-state index contributed by atoms with van der Waals surface area (Å²) in [6, 6.07) is 8.57. The van der Waals surface area contributed by atoms with Gasteiger partial charge in [0.05, 0.1) is 5.54 Å². The lowest BCUT2D eigenvalue weighted by Gasteiger charge is -2.55. The van der Waals surface area contributed by atoms with Gasteiger partial charge in [0.15, 0.2) is 5.17 Å². The van der Waals surface area contributed by atoms with Gasteiger partial charge in [0, 0.05) is 24.9 Å². The smallest absolute Gasteiger partial charge is 0.225 e. The van der Waals surface area contributed by atoms with Crippen molar-refractivity contribution in [3.05, 3.63) is 29.8 Å². The van der Waals surface area contributed by atoms with Gasteiger partial charge in [-0.2, -0.15) is 0 Å². The molecule has 1 aromatic carbocycles. The van der Waals surface area contributed by atoms with Gasteiger partial charge in [0.1, 0.15) is 6.17 Å². The van der Waals surface area contributed by atoms with Gasteiger partial charge in [-0.25, -0.2) is 0 Å². The van der Waals surface area contributed by atoms with Gasteiger partial charge in [0.25, 0.3) is 0 Å². The van der Waals surface area contributed by atoms with Gasteiger partial charge in [-0.3, -0.25) is 14.7 Å². The van der Waals surface area contributed by atoms with Gasteiger partial charge in [-0.15, -0.1) is 12.4 Å². The molecule has 0 radical (unpaired) electrons. The van der Waals surface area contributed by atoms with Crippen LogP contribution in [0.3, 0.4) is 0 Å². The molecule has 6 rings (SSSR count). The molecule has 33 heavy (non-hydrogen) atoms. The number of hydrogen-bond donors (Lipinski definition) is 0. The molecule has 1 atom stereocenters. The van der Waals surface area contributed by atoms with Crippen molar-refractivity contribution in [1.82, 2.24) is 4.90 Å². The standard InChI is InChI=1S/C27H39N3OS.ClH/c1-4-6-11-29-25(30(19(3)31)24-9-7-20(5-2)8-10-24)18-32-26(29)28-27-15-21-12-22(16-27)14-23(13-21)17-27;/h7-10,21-23,25H,4-6,11-18H2,1-3H3;1H. The van der Waals surface area contributed by atoms with Crippen LogP contribution in [-0.2, 0) is 11.2 Å². The number of hydrogen-bond acceptors (Lipinski definition) is 3. The van der Waals surface area contributed by atoms with Crippen molar-refractivity contribution >= 4 is 40.9 Å². The van der Waals surface area contributed by atoms with Gasteiger partial charge in [-0.1, -0.05) is 44.2 Å². The molecule has 4 saturated carbocycles. The highest BCUT2D eigenvalue weighted by Gasteiger charge is 2.52. The second-order valence-electron chi connectivity index (χ2n) is 10.8. The summed E-state index contributed by atoms with van der Waals surface area (Å²) in [4.78, 5) is 22.9. The summed E-state index contributed by atoms with van der Waals surface area (Å²) < 4.78 is 0. The van der Waals surface area contributed by atoms with Crippen LogP contribution in [0.25, 0.3) is 0 Å². The molecule has 0 aromatic heterocycles. The summed E-state index contributed by atoms with van der Waals surface area (Å²) in [5.41, 5.74) is 2.50. The number of benzene rings is 1. The maximum atomic E-state index is 12.9. The highest BCUT2D eigenvalue weighted by Crippen LogP contribution is 2.57.